The van der Waals surface area contributed by atoms with E-state index in [4.69, 9.17) is 14.0 Å². The summed E-state index contributed by atoms with van der Waals surface area (Å²) in [5.41, 5.74) is -1.27. The first-order chi connectivity index (χ1) is 12.0. The zero-order valence-electron chi connectivity index (χ0n) is 15.7. The molecule has 1 unspecified atom stereocenters. The number of rotatable bonds is 6. The molecule has 0 radical (unpaired) electrons. The van der Waals surface area contributed by atoms with Crippen molar-refractivity contribution in [2.24, 2.45) is 0 Å². The van der Waals surface area contributed by atoms with Crippen LogP contribution >= 0.6 is 0 Å². The van der Waals surface area contributed by atoms with E-state index >= 15 is 0 Å². The second-order valence-electron chi connectivity index (χ2n) is 7.28. The number of carboxylic acid groups (broad SMARTS) is 1. The Labute approximate surface area is 152 Å². The van der Waals surface area contributed by atoms with Crippen LogP contribution in [0.25, 0.3) is 0 Å². The predicted octanol–water partition coefficient (Wildman–Crippen LogP) is 3.19. The number of carboxylic acids is 1. The van der Waals surface area contributed by atoms with Crippen molar-refractivity contribution in [1.29, 1.82) is 0 Å². The number of carbonyl (C=O) groups excluding carboxylic acids is 1. The molecular weight excluding hydrogens is 342 g/mol. The van der Waals surface area contributed by atoms with Gasteiger partial charge in [0.2, 0.25) is 0 Å². The van der Waals surface area contributed by atoms with Crippen LogP contribution in [-0.4, -0.2) is 42.0 Å². The molecule has 1 aromatic rings. The van der Waals surface area contributed by atoms with E-state index in [0.29, 0.717) is 5.56 Å². The minimum absolute atomic E-state index is 0.0740. The van der Waals surface area contributed by atoms with Gasteiger partial charge in [-0.3, -0.25) is 4.79 Å². The van der Waals surface area contributed by atoms with Crippen molar-refractivity contribution in [2.45, 2.75) is 58.1 Å². The molecule has 1 saturated heterocycles. The van der Waals surface area contributed by atoms with Crippen molar-refractivity contribution in [3.8, 4) is 0 Å². The minimum atomic E-state index is -1.38. The molecule has 0 amide bonds. The van der Waals surface area contributed by atoms with Crippen LogP contribution in [0.3, 0.4) is 0 Å². The topological polar surface area (TPSA) is 82.1 Å². The average Bonchev–Trinajstić information content (AvgIpc) is 2.73. The zero-order chi connectivity index (χ0) is 19.7. The number of carbonyl (C=O) groups is 2. The van der Waals surface area contributed by atoms with Gasteiger partial charge in [-0.25, -0.2) is 9.18 Å². The van der Waals surface area contributed by atoms with E-state index in [1.54, 1.807) is 6.92 Å². The van der Waals surface area contributed by atoms with Gasteiger partial charge in [0.25, 0.3) is 0 Å². The fourth-order valence-corrected chi connectivity index (χ4v) is 2.76. The summed E-state index contributed by atoms with van der Waals surface area (Å²) in [6.45, 7) is 9.42. The summed E-state index contributed by atoms with van der Waals surface area (Å²) >= 11 is 0. The molecule has 8 heteroatoms. The molecule has 1 aliphatic rings. The number of aromatic carboxylic acids is 1. The third-order valence-electron chi connectivity index (χ3n) is 4.94. The lowest BCUT2D eigenvalue weighted by Gasteiger charge is -2.32. The monoisotopic (exact) mass is 366 g/mol. The quantitative estimate of drug-likeness (QED) is 0.615. The van der Waals surface area contributed by atoms with Gasteiger partial charge in [-0.1, -0.05) is 6.07 Å². The molecule has 1 atom stereocenters. The van der Waals surface area contributed by atoms with Gasteiger partial charge in [0, 0.05) is 5.82 Å². The predicted molar refractivity (Wildman–Crippen MR) is 93.4 cm³/mol. The largest absolute Gasteiger partial charge is 0.478 e. The molecule has 0 aromatic heterocycles. The molecule has 1 aliphatic heterocycles. The maximum absolute atomic E-state index is 13.8. The molecule has 6 nitrogen and oxygen atoms in total. The Hall–Kier alpha value is -1.93. The van der Waals surface area contributed by atoms with Gasteiger partial charge in [-0.05, 0) is 52.3 Å². The van der Waals surface area contributed by atoms with E-state index < -0.39 is 47.5 Å². The second-order valence-corrected chi connectivity index (χ2v) is 7.28. The first-order valence-electron chi connectivity index (χ1n) is 8.52. The van der Waals surface area contributed by atoms with Crippen molar-refractivity contribution in [3.63, 3.8) is 0 Å². The number of hydrogen-bond donors (Lipinski definition) is 1. The number of halogens is 1. The normalized spacial score (nSPS) is 19.2. The molecule has 1 heterocycles. The van der Waals surface area contributed by atoms with Gasteiger partial charge in [-0.15, -0.1) is 0 Å². The van der Waals surface area contributed by atoms with Gasteiger partial charge in [-0.2, -0.15) is 0 Å². The van der Waals surface area contributed by atoms with Crippen LogP contribution in [0, 0.1) is 5.82 Å². The molecule has 142 valence electrons. The van der Waals surface area contributed by atoms with Gasteiger partial charge in [0.05, 0.1) is 29.8 Å². The second kappa shape index (κ2) is 7.36. The lowest BCUT2D eigenvalue weighted by atomic mass is 9.66. The van der Waals surface area contributed by atoms with E-state index in [1.165, 1.54) is 12.1 Å². The highest BCUT2D eigenvalue weighted by Gasteiger charge is 2.54. The summed E-state index contributed by atoms with van der Waals surface area (Å²) in [4.78, 5) is 23.3. The molecule has 1 fully saturated rings. The van der Waals surface area contributed by atoms with E-state index in [1.807, 2.05) is 27.7 Å². The lowest BCUT2D eigenvalue weighted by Crippen LogP contribution is -2.41. The minimum Gasteiger partial charge on any atom is -0.478 e. The number of esters is 1. The average molecular weight is 366 g/mol. The number of benzene rings is 1. The van der Waals surface area contributed by atoms with Crippen LogP contribution in [0.1, 0.15) is 62.8 Å². The molecular formula is C18H24BFO6. The van der Waals surface area contributed by atoms with Crippen LogP contribution in [0.15, 0.2) is 18.2 Å². The summed E-state index contributed by atoms with van der Waals surface area (Å²) in [5.74, 6) is -3.32. The highest BCUT2D eigenvalue weighted by atomic mass is 19.1. The zero-order valence-corrected chi connectivity index (χ0v) is 15.7. The SMILES string of the molecule is CCOC(=O)CC(B1OC(C)(C)C(C)(C)O1)c1ccc(F)c(C(=O)O)c1. The highest BCUT2D eigenvalue weighted by molar-refractivity contribution is 6.48. The molecule has 26 heavy (non-hydrogen) atoms. The van der Waals surface area contributed by atoms with Crippen LogP contribution in [0.2, 0.25) is 0 Å². The van der Waals surface area contributed by atoms with E-state index in [2.05, 4.69) is 0 Å². The Bertz CT molecular complexity index is 687. The van der Waals surface area contributed by atoms with Crippen molar-refractivity contribution in [2.75, 3.05) is 6.61 Å². The summed E-state index contributed by atoms with van der Waals surface area (Å²) in [7, 11) is -0.795. The first-order valence-corrected chi connectivity index (χ1v) is 8.52. The van der Waals surface area contributed by atoms with E-state index in [0.717, 1.165) is 6.07 Å². The van der Waals surface area contributed by atoms with Gasteiger partial charge >= 0.3 is 19.1 Å². The Morgan fingerprint density at radius 3 is 2.31 bits per heavy atom. The molecule has 0 spiro atoms. The van der Waals surface area contributed by atoms with Gasteiger partial charge in [0.1, 0.15) is 5.82 Å². The van der Waals surface area contributed by atoms with Gasteiger partial charge < -0.3 is 19.2 Å². The molecule has 0 bridgehead atoms. The smallest absolute Gasteiger partial charge is 0.466 e. The standard InChI is InChI=1S/C18H24BFO6/c1-6-24-15(21)10-13(19-25-17(2,3)18(4,5)26-19)11-7-8-14(20)12(9-11)16(22)23/h7-9,13H,6,10H2,1-5H3,(H,22,23). The van der Waals surface area contributed by atoms with Crippen LogP contribution < -0.4 is 0 Å². The third-order valence-corrected chi connectivity index (χ3v) is 4.94. The van der Waals surface area contributed by atoms with Crippen LogP contribution in [0.4, 0.5) is 4.39 Å². The molecule has 1 aromatic carbocycles. The Balaban J connectivity index is 2.41. The summed E-state index contributed by atoms with van der Waals surface area (Å²) in [6, 6.07) is 3.73. The Kier molecular flexibility index (Phi) is 5.77. The lowest BCUT2D eigenvalue weighted by molar-refractivity contribution is -0.143. The highest BCUT2D eigenvalue weighted by Crippen LogP contribution is 2.42. The molecule has 0 saturated carbocycles. The van der Waals surface area contributed by atoms with Crippen LogP contribution in [-0.2, 0) is 18.8 Å². The van der Waals surface area contributed by atoms with Crippen molar-refractivity contribution >= 4 is 19.1 Å². The summed E-state index contributed by atoms with van der Waals surface area (Å²) < 4.78 is 30.8. The first kappa shape index (κ1) is 20.4. The number of ether oxygens (including phenoxy) is 1. The van der Waals surface area contributed by atoms with Crippen molar-refractivity contribution in [1.82, 2.24) is 0 Å². The fraction of sp³-hybridized carbons (Fsp3) is 0.556. The fourth-order valence-electron chi connectivity index (χ4n) is 2.76. The molecule has 2 rings (SSSR count). The number of hydrogen-bond acceptors (Lipinski definition) is 5. The maximum Gasteiger partial charge on any atom is 0.466 e. The van der Waals surface area contributed by atoms with Crippen molar-refractivity contribution < 1.29 is 33.1 Å². The van der Waals surface area contributed by atoms with Crippen LogP contribution in [0.5, 0.6) is 0 Å². The Morgan fingerprint density at radius 1 is 1.23 bits per heavy atom. The molecule has 1 N–H and O–H groups in total. The maximum atomic E-state index is 13.8. The van der Waals surface area contributed by atoms with E-state index in [-0.39, 0.29) is 13.0 Å². The third kappa shape index (κ3) is 4.07. The van der Waals surface area contributed by atoms with Crippen molar-refractivity contribution in [3.05, 3.63) is 35.1 Å². The van der Waals surface area contributed by atoms with Gasteiger partial charge in [0.15, 0.2) is 0 Å². The summed E-state index contributed by atoms with van der Waals surface area (Å²) in [6.07, 6.45) is -0.0740. The molecule has 0 aliphatic carbocycles. The van der Waals surface area contributed by atoms with E-state index in [9.17, 15) is 19.1 Å². The Morgan fingerprint density at radius 2 is 1.81 bits per heavy atom. The summed E-state index contributed by atoms with van der Waals surface area (Å²) in [5, 5.41) is 9.18.